The lowest BCUT2D eigenvalue weighted by Gasteiger charge is -2.23. The Morgan fingerprint density at radius 2 is 0.769 bits per heavy atom. The van der Waals surface area contributed by atoms with Crippen molar-refractivity contribution in [3.05, 3.63) is 180 Å². The monoisotopic (exact) mass is 662 g/mol. The minimum absolute atomic E-state index is 0.0261. The fraction of sp³-hybridized carbons (Fsp3) is 0.115. The summed E-state index contributed by atoms with van der Waals surface area (Å²) < 4.78 is 0. The van der Waals surface area contributed by atoms with Crippen molar-refractivity contribution in [2.45, 2.75) is 38.5 Å². The Balaban J connectivity index is 1.02. The molecule has 0 heteroatoms. The maximum absolute atomic E-state index is 2.48. The highest BCUT2D eigenvalue weighted by molar-refractivity contribution is 6.14. The third-order valence-electron chi connectivity index (χ3n) is 12.6. The normalized spacial score (nSPS) is 14.8. The van der Waals surface area contributed by atoms with Crippen molar-refractivity contribution >= 4 is 43.1 Å². The molecular formula is C52H38. The van der Waals surface area contributed by atoms with Crippen molar-refractivity contribution in [3.8, 4) is 44.5 Å². The highest BCUT2D eigenvalue weighted by Crippen LogP contribution is 2.52. The van der Waals surface area contributed by atoms with Gasteiger partial charge in [-0.1, -0.05) is 149 Å². The van der Waals surface area contributed by atoms with E-state index in [-0.39, 0.29) is 10.8 Å². The molecule has 0 unspecified atom stereocenters. The van der Waals surface area contributed by atoms with Crippen LogP contribution < -0.4 is 0 Å². The molecular weight excluding hydrogens is 625 g/mol. The Labute approximate surface area is 305 Å². The van der Waals surface area contributed by atoms with Gasteiger partial charge in [0.1, 0.15) is 0 Å². The minimum Gasteiger partial charge on any atom is -0.0619 e. The molecule has 2 aliphatic carbocycles. The van der Waals surface area contributed by atoms with Crippen molar-refractivity contribution in [1.29, 1.82) is 0 Å². The lowest BCUT2D eigenvalue weighted by molar-refractivity contribution is 0.661. The number of hydrogen-bond acceptors (Lipinski definition) is 0. The van der Waals surface area contributed by atoms with Crippen LogP contribution in [0.1, 0.15) is 49.9 Å². The van der Waals surface area contributed by atoms with Crippen LogP contribution in [0.4, 0.5) is 0 Å². The van der Waals surface area contributed by atoms with Gasteiger partial charge in [0, 0.05) is 10.8 Å². The fourth-order valence-electron chi connectivity index (χ4n) is 9.81. The molecule has 0 amide bonds. The van der Waals surface area contributed by atoms with E-state index in [0.29, 0.717) is 0 Å². The molecule has 0 fully saturated rings. The Bertz CT molecular complexity index is 3010. The molecule has 0 saturated carbocycles. The smallest absolute Gasteiger partial charge is 0.0159 e. The van der Waals surface area contributed by atoms with Gasteiger partial charge < -0.3 is 0 Å². The van der Waals surface area contributed by atoms with Gasteiger partial charge in [-0.25, -0.2) is 0 Å². The summed E-state index contributed by atoms with van der Waals surface area (Å²) in [5.74, 6) is 0. The highest BCUT2D eigenvalue weighted by Gasteiger charge is 2.37. The van der Waals surface area contributed by atoms with E-state index >= 15 is 0 Å². The van der Waals surface area contributed by atoms with Crippen molar-refractivity contribution in [2.24, 2.45) is 0 Å². The topological polar surface area (TPSA) is 0 Å². The summed E-state index contributed by atoms with van der Waals surface area (Å²) in [7, 11) is 0. The van der Waals surface area contributed by atoms with Crippen LogP contribution in [0.25, 0.3) is 87.6 Å². The molecule has 0 saturated heterocycles. The van der Waals surface area contributed by atoms with Crippen LogP contribution in [0.5, 0.6) is 0 Å². The molecule has 0 nitrogen and oxygen atoms in total. The zero-order valence-electron chi connectivity index (χ0n) is 30.0. The molecule has 0 spiro atoms. The van der Waals surface area contributed by atoms with Crippen LogP contribution in [0.3, 0.4) is 0 Å². The Hall–Kier alpha value is -5.98. The third-order valence-corrected chi connectivity index (χ3v) is 12.6. The lowest BCUT2D eigenvalue weighted by Crippen LogP contribution is -2.15. The highest BCUT2D eigenvalue weighted by atomic mass is 14.4. The first-order valence-corrected chi connectivity index (χ1v) is 18.6. The molecule has 0 heterocycles. The maximum atomic E-state index is 2.48. The average Bonchev–Trinajstić information content (AvgIpc) is 3.55. The molecule has 0 radical (unpaired) electrons. The van der Waals surface area contributed by atoms with E-state index in [1.54, 1.807) is 0 Å². The minimum atomic E-state index is -0.131. The van der Waals surface area contributed by atoms with E-state index in [4.69, 9.17) is 0 Å². The first-order chi connectivity index (χ1) is 25.3. The average molecular weight is 663 g/mol. The SMILES string of the molecule is CC1(C)c2cc(-c3ccc4ccc5cc6c(cc5c4c3)C(C)(C)c3ccccc3-6)ccc2-c2ccc(-c3cc4ccccc4c4ccccc34)cc21. The van der Waals surface area contributed by atoms with Crippen molar-refractivity contribution in [3.63, 3.8) is 0 Å². The van der Waals surface area contributed by atoms with Gasteiger partial charge in [0.2, 0.25) is 0 Å². The Morgan fingerprint density at radius 3 is 1.60 bits per heavy atom. The molecule has 11 rings (SSSR count). The number of benzene rings is 9. The number of hydrogen-bond donors (Lipinski definition) is 0. The standard InChI is InChI=1S/C52H38/c1-51(2)47-16-10-9-15-40(47)46-27-35-20-18-31-17-19-32(25-43(31)45(35)30-50(46)51)33-21-23-41-42-24-22-36(29-49(42)52(3,4)48(41)28-33)44-26-34-11-5-6-12-37(34)38-13-7-8-14-39(38)44/h5-30H,1-4H3. The Morgan fingerprint density at radius 1 is 0.269 bits per heavy atom. The summed E-state index contributed by atoms with van der Waals surface area (Å²) in [6.07, 6.45) is 0. The number of fused-ring (bicyclic) bond motifs is 12. The molecule has 52 heavy (non-hydrogen) atoms. The maximum Gasteiger partial charge on any atom is 0.0159 e. The summed E-state index contributed by atoms with van der Waals surface area (Å²) >= 11 is 0. The van der Waals surface area contributed by atoms with Crippen LogP contribution in [0, 0.1) is 0 Å². The van der Waals surface area contributed by atoms with Gasteiger partial charge in [-0.3, -0.25) is 0 Å². The first-order valence-electron chi connectivity index (χ1n) is 18.6. The van der Waals surface area contributed by atoms with Crippen LogP contribution in [-0.2, 0) is 10.8 Å². The molecule has 9 aromatic carbocycles. The third kappa shape index (κ3) is 3.98. The molecule has 0 N–H and O–H groups in total. The quantitative estimate of drug-likeness (QED) is 0.162. The molecule has 9 aromatic rings. The van der Waals surface area contributed by atoms with Crippen LogP contribution >= 0.6 is 0 Å². The van der Waals surface area contributed by atoms with Crippen LogP contribution in [0.2, 0.25) is 0 Å². The van der Waals surface area contributed by atoms with Crippen molar-refractivity contribution in [1.82, 2.24) is 0 Å². The van der Waals surface area contributed by atoms with E-state index in [9.17, 15) is 0 Å². The van der Waals surface area contributed by atoms with Gasteiger partial charge in [-0.05, 0) is 146 Å². The summed E-state index contributed by atoms with van der Waals surface area (Å²) in [6.45, 7) is 9.55. The predicted molar refractivity (Wildman–Crippen MR) is 222 cm³/mol. The Kier molecular flexibility index (Phi) is 5.89. The van der Waals surface area contributed by atoms with Crippen molar-refractivity contribution < 1.29 is 0 Å². The summed E-state index contributed by atoms with van der Waals surface area (Å²) in [6, 6.07) is 59.8. The fourth-order valence-corrected chi connectivity index (χ4v) is 9.81. The summed E-state index contributed by atoms with van der Waals surface area (Å²) in [5.41, 5.74) is 16.0. The van der Waals surface area contributed by atoms with Gasteiger partial charge in [0.15, 0.2) is 0 Å². The second-order valence-electron chi connectivity index (χ2n) is 16.1. The second-order valence-corrected chi connectivity index (χ2v) is 16.1. The van der Waals surface area contributed by atoms with Gasteiger partial charge in [0.05, 0.1) is 0 Å². The molecule has 0 aromatic heterocycles. The molecule has 0 atom stereocenters. The molecule has 2 aliphatic rings. The van der Waals surface area contributed by atoms with E-state index in [1.807, 2.05) is 0 Å². The predicted octanol–water partition coefficient (Wildman–Crippen LogP) is 14.2. The summed E-state index contributed by atoms with van der Waals surface area (Å²) in [5, 5.41) is 10.4. The van der Waals surface area contributed by atoms with Crippen molar-refractivity contribution in [2.75, 3.05) is 0 Å². The zero-order chi connectivity index (χ0) is 34.9. The first kappa shape index (κ1) is 29.7. The van der Waals surface area contributed by atoms with Crippen LogP contribution in [0.15, 0.2) is 158 Å². The lowest BCUT2D eigenvalue weighted by atomic mass is 9.80. The van der Waals surface area contributed by atoms with E-state index in [0.717, 1.165) is 0 Å². The van der Waals surface area contributed by atoms with Gasteiger partial charge in [-0.15, -0.1) is 0 Å². The van der Waals surface area contributed by atoms with E-state index in [1.165, 1.54) is 110 Å². The van der Waals surface area contributed by atoms with E-state index in [2.05, 4.69) is 185 Å². The molecule has 246 valence electrons. The van der Waals surface area contributed by atoms with Gasteiger partial charge in [0.25, 0.3) is 0 Å². The molecule has 0 aliphatic heterocycles. The molecule has 0 bridgehead atoms. The van der Waals surface area contributed by atoms with Gasteiger partial charge >= 0.3 is 0 Å². The van der Waals surface area contributed by atoms with Gasteiger partial charge in [-0.2, -0.15) is 0 Å². The van der Waals surface area contributed by atoms with Crippen LogP contribution in [-0.4, -0.2) is 0 Å². The zero-order valence-corrected chi connectivity index (χ0v) is 30.0. The summed E-state index contributed by atoms with van der Waals surface area (Å²) in [4.78, 5) is 0. The largest absolute Gasteiger partial charge is 0.0619 e. The second kappa shape index (κ2) is 10.3. The van der Waals surface area contributed by atoms with E-state index < -0.39 is 0 Å². The number of rotatable bonds is 2.